The topological polar surface area (TPSA) is 31.2 Å². The number of rotatable bonds is 7. The Hall–Kier alpha value is -2.29. The lowest BCUT2D eigenvalue weighted by atomic mass is 9.70. The molecule has 2 fully saturated rings. The van der Waals surface area contributed by atoms with Crippen LogP contribution >= 0.6 is 0 Å². The third-order valence-electron chi connectivity index (χ3n) is 7.53. The van der Waals surface area contributed by atoms with Gasteiger partial charge < -0.3 is 14.1 Å². The summed E-state index contributed by atoms with van der Waals surface area (Å²) in [6.45, 7) is 5.16. The van der Waals surface area contributed by atoms with Gasteiger partial charge in [-0.25, -0.2) is 0 Å². The maximum atomic E-state index is 11.5. The zero-order valence-electron chi connectivity index (χ0n) is 19.3. The SMILES string of the molecule is C/C=c1/c(C2CCCCC2)cn(CC2CCC2c2cccc(OC)c2)/c1=C/C(C)C=O. The minimum absolute atomic E-state index is 0.0675. The fourth-order valence-electron chi connectivity index (χ4n) is 5.64. The zero-order valence-corrected chi connectivity index (χ0v) is 19.3. The van der Waals surface area contributed by atoms with Crippen LogP contribution in [0.25, 0.3) is 12.2 Å². The molecule has 3 unspecified atom stereocenters. The van der Waals surface area contributed by atoms with Crippen LogP contribution in [0.15, 0.2) is 30.5 Å². The standard InChI is InChI=1S/C28H37NO2/c1-4-25-27(21-9-6-5-7-10-21)18-29(28(25)15-20(2)19-30)17-23-13-14-26(23)22-11-8-12-24(16-22)31-3/h4,8,11-12,15-16,18-21,23,26H,5-7,9-10,13-14,17H2,1-3H3/b25-4-,28-15+. The number of methoxy groups -OCH3 is 1. The van der Waals surface area contributed by atoms with E-state index in [0.717, 1.165) is 18.6 Å². The second kappa shape index (κ2) is 9.89. The Balaban J connectivity index is 1.67. The van der Waals surface area contributed by atoms with Gasteiger partial charge >= 0.3 is 0 Å². The van der Waals surface area contributed by atoms with Gasteiger partial charge in [0.1, 0.15) is 12.0 Å². The predicted molar refractivity (Wildman–Crippen MR) is 128 cm³/mol. The van der Waals surface area contributed by atoms with Crippen molar-refractivity contribution in [3.63, 3.8) is 0 Å². The van der Waals surface area contributed by atoms with Gasteiger partial charge in [0, 0.05) is 24.0 Å². The summed E-state index contributed by atoms with van der Waals surface area (Å²) in [5.41, 5.74) is 2.90. The Morgan fingerprint density at radius 2 is 1.97 bits per heavy atom. The van der Waals surface area contributed by atoms with Crippen LogP contribution in [0.3, 0.4) is 0 Å². The molecule has 3 heteroatoms. The van der Waals surface area contributed by atoms with Gasteiger partial charge in [-0.3, -0.25) is 0 Å². The molecule has 2 aromatic rings. The van der Waals surface area contributed by atoms with Crippen LogP contribution in [-0.2, 0) is 11.3 Å². The fraction of sp³-hybridized carbons (Fsp3) is 0.536. The van der Waals surface area contributed by atoms with E-state index >= 15 is 0 Å². The molecule has 0 radical (unpaired) electrons. The molecule has 1 aromatic carbocycles. The number of ether oxygens (including phenoxy) is 1. The molecule has 0 N–H and O–H groups in total. The average Bonchev–Trinajstić information content (AvgIpc) is 3.14. The second-order valence-electron chi connectivity index (χ2n) is 9.54. The lowest BCUT2D eigenvalue weighted by Gasteiger charge is -2.37. The summed E-state index contributed by atoms with van der Waals surface area (Å²) in [5, 5.41) is 2.61. The van der Waals surface area contributed by atoms with Gasteiger partial charge in [-0.2, -0.15) is 0 Å². The highest BCUT2D eigenvalue weighted by Crippen LogP contribution is 2.44. The van der Waals surface area contributed by atoms with Crippen LogP contribution in [0.4, 0.5) is 0 Å². The first kappa shape index (κ1) is 21.9. The van der Waals surface area contributed by atoms with Crippen molar-refractivity contribution in [2.75, 3.05) is 7.11 Å². The van der Waals surface area contributed by atoms with Gasteiger partial charge in [-0.05, 0) is 78.8 Å². The largest absolute Gasteiger partial charge is 0.497 e. The van der Waals surface area contributed by atoms with Crippen molar-refractivity contribution in [3.05, 3.63) is 52.2 Å². The van der Waals surface area contributed by atoms with Crippen molar-refractivity contribution in [2.45, 2.75) is 77.2 Å². The summed E-state index contributed by atoms with van der Waals surface area (Å²) in [7, 11) is 1.74. The van der Waals surface area contributed by atoms with Crippen molar-refractivity contribution in [3.8, 4) is 5.75 Å². The lowest BCUT2D eigenvalue weighted by Crippen LogP contribution is -2.36. The molecule has 166 valence electrons. The van der Waals surface area contributed by atoms with Gasteiger partial charge in [0.15, 0.2) is 0 Å². The van der Waals surface area contributed by atoms with Crippen molar-refractivity contribution in [2.24, 2.45) is 11.8 Å². The molecule has 4 rings (SSSR count). The van der Waals surface area contributed by atoms with E-state index in [2.05, 4.69) is 48.0 Å². The first-order chi connectivity index (χ1) is 15.1. The normalized spacial score (nSPS) is 24.1. The van der Waals surface area contributed by atoms with Crippen molar-refractivity contribution in [1.82, 2.24) is 4.57 Å². The number of carbonyl (C=O) groups excluding carboxylic acids is 1. The minimum atomic E-state index is -0.0675. The Kier molecular flexibility index (Phi) is 6.99. The monoisotopic (exact) mass is 419 g/mol. The molecule has 0 bridgehead atoms. The Bertz CT molecular complexity index is 1010. The van der Waals surface area contributed by atoms with E-state index in [9.17, 15) is 4.79 Å². The number of carbonyl (C=O) groups is 1. The molecular formula is C28H37NO2. The summed E-state index contributed by atoms with van der Waals surface area (Å²) in [5.74, 6) is 2.75. The number of aldehydes is 1. The highest BCUT2D eigenvalue weighted by atomic mass is 16.5. The maximum Gasteiger partial charge on any atom is 0.126 e. The molecule has 3 atom stereocenters. The fourth-order valence-corrected chi connectivity index (χ4v) is 5.64. The molecule has 3 nitrogen and oxygen atoms in total. The number of nitrogens with zero attached hydrogens (tertiary/aromatic N) is 1. The van der Waals surface area contributed by atoms with E-state index in [-0.39, 0.29) is 5.92 Å². The average molecular weight is 420 g/mol. The highest BCUT2D eigenvalue weighted by Gasteiger charge is 2.33. The van der Waals surface area contributed by atoms with Crippen molar-refractivity contribution >= 4 is 18.4 Å². The van der Waals surface area contributed by atoms with E-state index in [0.29, 0.717) is 17.8 Å². The molecule has 2 aliphatic rings. The minimum Gasteiger partial charge on any atom is -0.497 e. The molecule has 2 saturated carbocycles. The van der Waals surface area contributed by atoms with Gasteiger partial charge in [0.05, 0.1) is 7.11 Å². The predicted octanol–water partition coefficient (Wildman–Crippen LogP) is 5.15. The van der Waals surface area contributed by atoms with Crippen LogP contribution in [0, 0.1) is 11.8 Å². The smallest absolute Gasteiger partial charge is 0.126 e. The third kappa shape index (κ3) is 4.66. The van der Waals surface area contributed by atoms with Crippen LogP contribution in [-0.4, -0.2) is 18.0 Å². The first-order valence-electron chi connectivity index (χ1n) is 12.1. The van der Waals surface area contributed by atoms with Gasteiger partial charge in [-0.15, -0.1) is 0 Å². The number of aromatic nitrogens is 1. The van der Waals surface area contributed by atoms with E-state index in [1.807, 2.05) is 13.0 Å². The van der Waals surface area contributed by atoms with E-state index in [1.165, 1.54) is 66.6 Å². The molecule has 2 aliphatic carbocycles. The number of hydrogen-bond donors (Lipinski definition) is 0. The lowest BCUT2D eigenvalue weighted by molar-refractivity contribution is -0.109. The molecule has 0 aliphatic heterocycles. The molecule has 0 amide bonds. The van der Waals surface area contributed by atoms with E-state index in [4.69, 9.17) is 4.74 Å². The molecule has 31 heavy (non-hydrogen) atoms. The molecule has 0 saturated heterocycles. The maximum absolute atomic E-state index is 11.5. The zero-order chi connectivity index (χ0) is 21.8. The van der Waals surface area contributed by atoms with Gasteiger partial charge in [0.2, 0.25) is 0 Å². The molecule has 1 heterocycles. The van der Waals surface area contributed by atoms with E-state index < -0.39 is 0 Å². The Labute approximate surface area is 186 Å². The van der Waals surface area contributed by atoms with Crippen LogP contribution in [0.2, 0.25) is 0 Å². The summed E-state index contributed by atoms with van der Waals surface area (Å²) >= 11 is 0. The van der Waals surface area contributed by atoms with Crippen molar-refractivity contribution < 1.29 is 9.53 Å². The Morgan fingerprint density at radius 1 is 1.16 bits per heavy atom. The van der Waals surface area contributed by atoms with Crippen LogP contribution in [0.5, 0.6) is 5.75 Å². The third-order valence-corrected chi connectivity index (χ3v) is 7.53. The second-order valence-corrected chi connectivity index (χ2v) is 9.54. The number of benzene rings is 1. The van der Waals surface area contributed by atoms with Crippen LogP contribution < -0.4 is 15.3 Å². The summed E-state index contributed by atoms with van der Waals surface area (Å²) < 4.78 is 7.92. The molecule has 1 aromatic heterocycles. The molecular weight excluding hydrogens is 382 g/mol. The summed E-state index contributed by atoms with van der Waals surface area (Å²) in [4.78, 5) is 11.5. The van der Waals surface area contributed by atoms with Crippen LogP contribution in [0.1, 0.15) is 81.8 Å². The number of hydrogen-bond acceptors (Lipinski definition) is 2. The quantitative estimate of drug-likeness (QED) is 0.581. The first-order valence-corrected chi connectivity index (χ1v) is 12.1. The summed E-state index contributed by atoms with van der Waals surface area (Å²) in [6.07, 6.45) is 17.1. The highest BCUT2D eigenvalue weighted by molar-refractivity contribution is 5.63. The van der Waals surface area contributed by atoms with Gasteiger partial charge in [0.25, 0.3) is 0 Å². The summed E-state index contributed by atoms with van der Waals surface area (Å²) in [6, 6.07) is 8.58. The van der Waals surface area contributed by atoms with Gasteiger partial charge in [-0.1, -0.05) is 50.5 Å². The van der Waals surface area contributed by atoms with E-state index in [1.54, 1.807) is 7.11 Å². The van der Waals surface area contributed by atoms with Crippen molar-refractivity contribution in [1.29, 1.82) is 0 Å². The Morgan fingerprint density at radius 3 is 2.61 bits per heavy atom. The molecule has 0 spiro atoms.